The number of thiazole rings is 1. The fourth-order valence-electron chi connectivity index (χ4n) is 2.71. The van der Waals surface area contributed by atoms with Gasteiger partial charge in [0, 0.05) is 10.9 Å². The van der Waals surface area contributed by atoms with Crippen LogP contribution in [-0.2, 0) is 0 Å². The highest BCUT2D eigenvalue weighted by molar-refractivity contribution is 7.14. The number of anilines is 1. The van der Waals surface area contributed by atoms with E-state index in [1.54, 1.807) is 18.3 Å². The molecule has 0 bridgehead atoms. The molecule has 0 unspecified atom stereocenters. The summed E-state index contributed by atoms with van der Waals surface area (Å²) in [6.45, 7) is 0. The first-order valence-electron chi connectivity index (χ1n) is 8.47. The smallest absolute Gasteiger partial charge is 0.203 e. The minimum absolute atomic E-state index is 0.256. The summed E-state index contributed by atoms with van der Waals surface area (Å²) in [6, 6.07) is 25.3. The van der Waals surface area contributed by atoms with Gasteiger partial charge in [-0.2, -0.15) is 5.10 Å². The molecule has 0 saturated heterocycles. The van der Waals surface area contributed by atoms with E-state index in [9.17, 15) is 5.11 Å². The number of hydrazone groups is 1. The van der Waals surface area contributed by atoms with Crippen molar-refractivity contribution >= 4 is 22.7 Å². The number of phenols is 1. The number of aromatic nitrogens is 1. The monoisotopic (exact) mass is 371 g/mol. The second kappa shape index (κ2) is 7.85. The van der Waals surface area contributed by atoms with Crippen LogP contribution in [0.5, 0.6) is 5.75 Å². The summed E-state index contributed by atoms with van der Waals surface area (Å²) in [5, 5.41) is 16.7. The summed E-state index contributed by atoms with van der Waals surface area (Å²) >= 11 is 1.52. The minimum Gasteiger partial charge on any atom is -0.508 e. The van der Waals surface area contributed by atoms with E-state index in [1.165, 1.54) is 11.3 Å². The normalized spacial score (nSPS) is 11.0. The van der Waals surface area contributed by atoms with E-state index < -0.39 is 0 Å². The second-order valence-electron chi connectivity index (χ2n) is 5.95. The molecule has 4 aromatic rings. The molecule has 0 radical (unpaired) electrons. The summed E-state index contributed by atoms with van der Waals surface area (Å²) in [7, 11) is 0. The number of rotatable bonds is 5. The van der Waals surface area contributed by atoms with Gasteiger partial charge in [-0.25, -0.2) is 4.98 Å². The highest BCUT2D eigenvalue weighted by atomic mass is 32.1. The molecule has 0 fully saturated rings. The lowest BCUT2D eigenvalue weighted by Crippen LogP contribution is -1.90. The average molecular weight is 371 g/mol. The number of hydrogen-bond donors (Lipinski definition) is 2. The topological polar surface area (TPSA) is 57.5 Å². The van der Waals surface area contributed by atoms with E-state index in [0.29, 0.717) is 0 Å². The Morgan fingerprint density at radius 1 is 0.852 bits per heavy atom. The van der Waals surface area contributed by atoms with Crippen LogP contribution < -0.4 is 5.43 Å². The van der Waals surface area contributed by atoms with Gasteiger partial charge in [-0.05, 0) is 34.9 Å². The van der Waals surface area contributed by atoms with Gasteiger partial charge in [0.05, 0.1) is 11.9 Å². The fraction of sp³-hybridized carbons (Fsp3) is 0. The molecule has 0 amide bonds. The molecule has 3 aromatic carbocycles. The molecule has 0 aliphatic heterocycles. The van der Waals surface area contributed by atoms with E-state index in [-0.39, 0.29) is 5.75 Å². The van der Waals surface area contributed by atoms with E-state index in [4.69, 9.17) is 0 Å². The molecule has 5 heteroatoms. The van der Waals surface area contributed by atoms with Crippen molar-refractivity contribution in [2.45, 2.75) is 0 Å². The van der Waals surface area contributed by atoms with Crippen molar-refractivity contribution in [3.8, 4) is 28.1 Å². The first kappa shape index (κ1) is 17.0. The van der Waals surface area contributed by atoms with Crippen molar-refractivity contribution in [1.29, 1.82) is 0 Å². The SMILES string of the molecule is Oc1cccc(-c2cccc(C=NNc3nc(-c4ccccc4)cs3)c2)c1. The van der Waals surface area contributed by atoms with Crippen molar-refractivity contribution in [3.05, 3.63) is 89.8 Å². The fourth-order valence-corrected chi connectivity index (χ4v) is 3.38. The number of benzene rings is 3. The van der Waals surface area contributed by atoms with Crippen LogP contribution in [0.1, 0.15) is 5.56 Å². The lowest BCUT2D eigenvalue weighted by atomic mass is 10.0. The third-order valence-corrected chi connectivity index (χ3v) is 4.76. The molecule has 0 spiro atoms. The molecule has 0 saturated carbocycles. The Bertz CT molecular complexity index is 1070. The van der Waals surface area contributed by atoms with E-state index >= 15 is 0 Å². The lowest BCUT2D eigenvalue weighted by molar-refractivity contribution is 0.475. The van der Waals surface area contributed by atoms with Crippen molar-refractivity contribution in [2.75, 3.05) is 5.43 Å². The Morgan fingerprint density at radius 2 is 1.59 bits per heavy atom. The summed E-state index contributed by atoms with van der Waals surface area (Å²) in [5.74, 6) is 0.256. The van der Waals surface area contributed by atoms with Crippen LogP contribution >= 0.6 is 11.3 Å². The van der Waals surface area contributed by atoms with E-state index in [0.717, 1.165) is 33.1 Å². The third-order valence-electron chi connectivity index (χ3n) is 4.01. The Labute approximate surface area is 161 Å². The molecule has 0 aliphatic rings. The number of nitrogens with one attached hydrogen (secondary N) is 1. The molecule has 2 N–H and O–H groups in total. The van der Waals surface area contributed by atoms with E-state index in [1.807, 2.05) is 72.1 Å². The number of hydrogen-bond acceptors (Lipinski definition) is 5. The Balaban J connectivity index is 1.46. The van der Waals surface area contributed by atoms with Crippen LogP contribution in [0.4, 0.5) is 5.13 Å². The van der Waals surface area contributed by atoms with Gasteiger partial charge in [-0.15, -0.1) is 11.3 Å². The zero-order valence-corrected chi connectivity index (χ0v) is 15.2. The number of phenolic OH excluding ortho intramolecular Hbond substituents is 1. The molecule has 4 nitrogen and oxygen atoms in total. The van der Waals surface area contributed by atoms with Gasteiger partial charge < -0.3 is 5.11 Å². The van der Waals surface area contributed by atoms with Crippen LogP contribution in [0.2, 0.25) is 0 Å². The molecule has 27 heavy (non-hydrogen) atoms. The lowest BCUT2D eigenvalue weighted by Gasteiger charge is -2.03. The highest BCUT2D eigenvalue weighted by Gasteiger charge is 2.03. The average Bonchev–Trinajstić information content (AvgIpc) is 3.18. The first-order chi connectivity index (χ1) is 13.3. The number of nitrogens with zero attached hydrogens (tertiary/aromatic N) is 2. The second-order valence-corrected chi connectivity index (χ2v) is 6.81. The summed E-state index contributed by atoms with van der Waals surface area (Å²) in [6.07, 6.45) is 1.76. The van der Waals surface area contributed by atoms with Crippen LogP contribution in [0.3, 0.4) is 0 Å². The summed E-state index contributed by atoms with van der Waals surface area (Å²) in [5.41, 5.74) is 7.96. The van der Waals surface area contributed by atoms with E-state index in [2.05, 4.69) is 15.5 Å². The van der Waals surface area contributed by atoms with Gasteiger partial charge in [0.25, 0.3) is 0 Å². The van der Waals surface area contributed by atoms with Gasteiger partial charge in [0.1, 0.15) is 5.75 Å². The van der Waals surface area contributed by atoms with Crippen molar-refractivity contribution in [2.24, 2.45) is 5.10 Å². The minimum atomic E-state index is 0.256. The molecule has 1 heterocycles. The molecule has 1 aromatic heterocycles. The maximum atomic E-state index is 9.65. The molecular weight excluding hydrogens is 354 g/mol. The zero-order chi connectivity index (χ0) is 18.5. The molecule has 4 rings (SSSR count). The Hall–Kier alpha value is -3.44. The maximum absolute atomic E-state index is 9.65. The largest absolute Gasteiger partial charge is 0.508 e. The van der Waals surface area contributed by atoms with Gasteiger partial charge in [0.2, 0.25) is 5.13 Å². The number of aromatic hydroxyl groups is 1. The standard InChI is InChI=1S/C22H17N3OS/c26-20-11-5-10-19(13-20)18-9-4-6-16(12-18)14-23-25-22-24-21(15-27-22)17-7-2-1-3-8-17/h1-15,26H,(H,24,25). The van der Waals surface area contributed by atoms with Crippen LogP contribution in [0.25, 0.3) is 22.4 Å². The van der Waals surface area contributed by atoms with Gasteiger partial charge >= 0.3 is 0 Å². The maximum Gasteiger partial charge on any atom is 0.203 e. The molecular formula is C22H17N3OS. The molecule has 132 valence electrons. The van der Waals surface area contributed by atoms with Crippen LogP contribution in [-0.4, -0.2) is 16.3 Å². The summed E-state index contributed by atoms with van der Waals surface area (Å²) in [4.78, 5) is 4.55. The zero-order valence-electron chi connectivity index (χ0n) is 14.4. The predicted octanol–water partition coefficient (Wildman–Crippen LogP) is 5.63. The van der Waals surface area contributed by atoms with Crippen molar-refractivity contribution in [1.82, 2.24) is 4.98 Å². The van der Waals surface area contributed by atoms with Gasteiger partial charge in [0.15, 0.2) is 0 Å². The van der Waals surface area contributed by atoms with Crippen molar-refractivity contribution < 1.29 is 5.11 Å². The highest BCUT2D eigenvalue weighted by Crippen LogP contribution is 2.25. The quantitative estimate of drug-likeness (QED) is 0.353. The first-order valence-corrected chi connectivity index (χ1v) is 9.35. The predicted molar refractivity (Wildman–Crippen MR) is 112 cm³/mol. The Kier molecular flexibility index (Phi) is 4.94. The van der Waals surface area contributed by atoms with Crippen LogP contribution in [0.15, 0.2) is 89.3 Å². The molecule has 0 atom stereocenters. The van der Waals surface area contributed by atoms with Gasteiger partial charge in [-0.3, -0.25) is 5.43 Å². The van der Waals surface area contributed by atoms with Crippen LogP contribution in [0, 0.1) is 0 Å². The Morgan fingerprint density at radius 3 is 2.41 bits per heavy atom. The third kappa shape index (κ3) is 4.22. The van der Waals surface area contributed by atoms with Crippen molar-refractivity contribution in [3.63, 3.8) is 0 Å². The van der Waals surface area contributed by atoms with Gasteiger partial charge in [-0.1, -0.05) is 60.7 Å². The summed E-state index contributed by atoms with van der Waals surface area (Å²) < 4.78 is 0. The molecule has 0 aliphatic carbocycles.